The van der Waals surface area contributed by atoms with Crippen LogP contribution in [-0.4, -0.2) is 50.0 Å². The molecule has 2 amide bonds. The number of thioether (sulfide) groups is 1. The number of nitrogens with one attached hydrogen (secondary N) is 1. The van der Waals surface area contributed by atoms with Gasteiger partial charge in [-0.05, 0) is 19.4 Å². The van der Waals surface area contributed by atoms with Crippen LogP contribution in [0.4, 0.5) is 0 Å². The first-order valence-electron chi connectivity index (χ1n) is 7.46. The van der Waals surface area contributed by atoms with E-state index in [1.54, 1.807) is 13.8 Å². The number of carboxylic acid groups (broad SMARTS) is 1. The minimum absolute atomic E-state index is 0.309. The molecule has 4 atom stereocenters. The number of fused-ring (bicyclic) bond motifs is 1. The average molecular weight is 413 g/mol. The molecular weight excluding hydrogens is 396 g/mol. The molecule has 8 heteroatoms. The average Bonchev–Trinajstić information content (AvgIpc) is 2.80. The second kappa shape index (κ2) is 6.07. The largest absolute Gasteiger partial charge is 0.480 e. The number of hydrogen-bond donors (Lipinski definition) is 2. The summed E-state index contributed by atoms with van der Waals surface area (Å²) in [5.41, 5.74) is 0.793. The first-order valence-corrected chi connectivity index (χ1v) is 9.26. The predicted molar refractivity (Wildman–Crippen MR) is 93.8 cm³/mol. The van der Waals surface area contributed by atoms with E-state index >= 15 is 0 Å². The van der Waals surface area contributed by atoms with Gasteiger partial charge in [-0.15, -0.1) is 11.8 Å². The Bertz CT molecular complexity index is 697. The van der Waals surface area contributed by atoms with Crippen molar-refractivity contribution in [2.75, 3.05) is 0 Å². The molecule has 24 heavy (non-hydrogen) atoms. The van der Waals surface area contributed by atoms with Gasteiger partial charge in [-0.25, -0.2) is 4.79 Å². The summed E-state index contributed by atoms with van der Waals surface area (Å²) in [6.07, 6.45) is 0. The van der Waals surface area contributed by atoms with Crippen molar-refractivity contribution in [3.05, 3.63) is 35.9 Å². The summed E-state index contributed by atoms with van der Waals surface area (Å²) >= 11 is 4.75. The number of carbonyl (C=O) groups is 3. The normalized spacial score (nSPS) is 28.7. The molecule has 0 saturated carbocycles. The summed E-state index contributed by atoms with van der Waals surface area (Å²) in [7, 11) is 0. The van der Waals surface area contributed by atoms with E-state index < -0.39 is 27.6 Å². The number of alkyl halides is 1. The van der Waals surface area contributed by atoms with Crippen molar-refractivity contribution in [2.45, 2.75) is 40.9 Å². The molecule has 0 aliphatic carbocycles. The van der Waals surface area contributed by atoms with Gasteiger partial charge in [0, 0.05) is 4.75 Å². The van der Waals surface area contributed by atoms with Crippen molar-refractivity contribution in [1.82, 2.24) is 10.2 Å². The molecule has 1 unspecified atom stereocenters. The van der Waals surface area contributed by atoms with Crippen LogP contribution in [0.1, 0.15) is 24.2 Å². The Labute approximate surface area is 152 Å². The van der Waals surface area contributed by atoms with Gasteiger partial charge in [0.25, 0.3) is 0 Å². The number of amides is 2. The molecule has 0 spiro atoms. The molecule has 0 bridgehead atoms. The van der Waals surface area contributed by atoms with Gasteiger partial charge in [-0.3, -0.25) is 9.59 Å². The third-order valence-corrected chi connectivity index (χ3v) is 6.81. The maximum Gasteiger partial charge on any atom is 0.327 e. The Balaban J connectivity index is 1.71. The highest BCUT2D eigenvalue weighted by molar-refractivity contribution is 9.09. The minimum Gasteiger partial charge on any atom is -0.480 e. The Morgan fingerprint density at radius 2 is 1.96 bits per heavy atom. The summed E-state index contributed by atoms with van der Waals surface area (Å²) in [5, 5.41) is 11.8. The van der Waals surface area contributed by atoms with Crippen LogP contribution in [0.5, 0.6) is 0 Å². The minimum atomic E-state index is -1.02. The number of nitrogens with zero attached hydrogens (tertiary/aromatic N) is 1. The van der Waals surface area contributed by atoms with Gasteiger partial charge in [0.1, 0.15) is 22.3 Å². The second-order valence-electron chi connectivity index (χ2n) is 6.36. The zero-order valence-electron chi connectivity index (χ0n) is 13.1. The Morgan fingerprint density at radius 3 is 2.54 bits per heavy atom. The molecule has 0 aromatic heterocycles. The van der Waals surface area contributed by atoms with Crippen molar-refractivity contribution in [3.8, 4) is 0 Å². The molecule has 1 aromatic carbocycles. The quantitative estimate of drug-likeness (QED) is 0.580. The maximum absolute atomic E-state index is 12.4. The lowest BCUT2D eigenvalue weighted by Gasteiger charge is -2.43. The fourth-order valence-electron chi connectivity index (χ4n) is 3.15. The maximum atomic E-state index is 12.4. The summed E-state index contributed by atoms with van der Waals surface area (Å²) in [6, 6.07) is 7.61. The Morgan fingerprint density at radius 1 is 1.33 bits per heavy atom. The molecule has 1 aromatic rings. The highest BCUT2D eigenvalue weighted by Gasteiger charge is 2.64. The first-order chi connectivity index (χ1) is 11.2. The molecule has 2 fully saturated rings. The van der Waals surface area contributed by atoms with Gasteiger partial charge in [0.05, 0.1) is 0 Å². The van der Waals surface area contributed by atoms with Crippen LogP contribution in [0.25, 0.3) is 0 Å². The van der Waals surface area contributed by atoms with Gasteiger partial charge in [-0.2, -0.15) is 0 Å². The number of benzene rings is 1. The van der Waals surface area contributed by atoms with Crippen molar-refractivity contribution >= 4 is 45.5 Å². The third kappa shape index (κ3) is 2.71. The number of carboxylic acids is 1. The summed E-state index contributed by atoms with van der Waals surface area (Å²) < 4.78 is -0.598. The molecule has 2 aliphatic heterocycles. The van der Waals surface area contributed by atoms with Gasteiger partial charge >= 0.3 is 5.97 Å². The van der Waals surface area contributed by atoms with Crippen molar-refractivity contribution in [3.63, 3.8) is 0 Å². The number of β-lactam (4-membered cyclic amide) rings is 1. The Kier molecular flexibility index (Phi) is 4.37. The van der Waals surface area contributed by atoms with E-state index in [9.17, 15) is 19.5 Å². The number of hydrogen-bond acceptors (Lipinski definition) is 4. The van der Waals surface area contributed by atoms with Crippen LogP contribution in [0.3, 0.4) is 0 Å². The zero-order valence-corrected chi connectivity index (χ0v) is 15.5. The third-order valence-electron chi connectivity index (χ3n) is 4.30. The summed E-state index contributed by atoms with van der Waals surface area (Å²) in [4.78, 5) is 37.0. The standard InChI is InChI=1S/C16H17BrN2O4S/c1-16(2)11(15(22)23)19-13(21)10(14(19)24-16)18-12(20)9(17)8-6-4-3-5-7-8/h3-7,9-11,14H,1-2H3,(H,18,20)(H,22,23)/t9?,10-,11+,14-/m1/s1. The molecular formula is C16H17BrN2O4S. The molecule has 2 saturated heterocycles. The number of halogens is 1. The van der Waals surface area contributed by atoms with E-state index in [0.717, 1.165) is 5.56 Å². The summed E-state index contributed by atoms with van der Waals surface area (Å²) in [6.45, 7) is 3.61. The van der Waals surface area contributed by atoms with Crippen LogP contribution in [0.2, 0.25) is 0 Å². The summed E-state index contributed by atoms with van der Waals surface area (Å²) in [5.74, 6) is -1.67. The predicted octanol–water partition coefficient (Wildman–Crippen LogP) is 1.75. The van der Waals surface area contributed by atoms with Crippen LogP contribution in [-0.2, 0) is 14.4 Å². The molecule has 2 heterocycles. The van der Waals surface area contributed by atoms with Gasteiger partial charge in [0.15, 0.2) is 0 Å². The van der Waals surface area contributed by atoms with E-state index in [0.29, 0.717) is 0 Å². The zero-order chi connectivity index (χ0) is 17.6. The van der Waals surface area contributed by atoms with E-state index in [2.05, 4.69) is 21.2 Å². The molecule has 0 radical (unpaired) electrons. The molecule has 2 N–H and O–H groups in total. The van der Waals surface area contributed by atoms with Crippen LogP contribution >= 0.6 is 27.7 Å². The van der Waals surface area contributed by atoms with E-state index in [4.69, 9.17) is 0 Å². The van der Waals surface area contributed by atoms with Gasteiger partial charge in [-0.1, -0.05) is 46.3 Å². The molecule has 128 valence electrons. The fraction of sp³-hybridized carbons (Fsp3) is 0.438. The SMILES string of the molecule is CC1(C)S[C@@H]2[C@H](NC(=O)C(Br)c3ccccc3)C(=O)N2[C@H]1C(=O)O. The Hall–Kier alpha value is -1.54. The van der Waals surface area contributed by atoms with E-state index in [1.165, 1.54) is 16.7 Å². The van der Waals surface area contributed by atoms with Crippen LogP contribution in [0, 0.1) is 0 Å². The highest BCUT2D eigenvalue weighted by atomic mass is 79.9. The molecule has 2 aliphatic rings. The lowest BCUT2D eigenvalue weighted by molar-refractivity contribution is -0.161. The smallest absolute Gasteiger partial charge is 0.327 e. The highest BCUT2D eigenvalue weighted by Crippen LogP contribution is 2.50. The lowest BCUT2D eigenvalue weighted by atomic mass is 9.96. The van der Waals surface area contributed by atoms with Crippen LogP contribution in [0.15, 0.2) is 30.3 Å². The van der Waals surface area contributed by atoms with Crippen LogP contribution < -0.4 is 5.32 Å². The second-order valence-corrected chi connectivity index (χ2v) is 9.04. The van der Waals surface area contributed by atoms with E-state index in [1.807, 2.05) is 30.3 Å². The van der Waals surface area contributed by atoms with Gasteiger partial charge < -0.3 is 15.3 Å². The monoisotopic (exact) mass is 412 g/mol. The lowest BCUT2D eigenvalue weighted by Crippen LogP contribution is -2.70. The van der Waals surface area contributed by atoms with Crippen molar-refractivity contribution < 1.29 is 19.5 Å². The first kappa shape index (κ1) is 17.3. The topological polar surface area (TPSA) is 86.7 Å². The van der Waals surface area contributed by atoms with Gasteiger partial charge in [0.2, 0.25) is 11.8 Å². The number of rotatable bonds is 4. The number of carbonyl (C=O) groups excluding carboxylic acids is 2. The molecule has 6 nitrogen and oxygen atoms in total. The fourth-order valence-corrected chi connectivity index (χ4v) is 5.21. The van der Waals surface area contributed by atoms with Crippen molar-refractivity contribution in [2.24, 2.45) is 0 Å². The van der Waals surface area contributed by atoms with Crippen molar-refractivity contribution in [1.29, 1.82) is 0 Å². The van der Waals surface area contributed by atoms with E-state index in [-0.39, 0.29) is 17.2 Å². The molecule has 3 rings (SSSR count). The number of aliphatic carboxylic acids is 1.